The lowest BCUT2D eigenvalue weighted by atomic mass is 9.90. The van der Waals surface area contributed by atoms with E-state index in [2.05, 4.69) is 20.8 Å². The van der Waals surface area contributed by atoms with E-state index in [1.165, 1.54) is 28.5 Å². The van der Waals surface area contributed by atoms with Crippen LogP contribution in [-0.2, 0) is 24.2 Å². The van der Waals surface area contributed by atoms with Crippen LogP contribution in [0, 0.1) is 12.8 Å². The number of rotatable bonds is 4. The molecule has 2 heterocycles. The third-order valence-corrected chi connectivity index (χ3v) is 6.95. The number of ether oxygens (including phenoxy) is 1. The van der Waals surface area contributed by atoms with Crippen molar-refractivity contribution in [1.82, 2.24) is 0 Å². The van der Waals surface area contributed by atoms with Gasteiger partial charge in [0.15, 0.2) is 0 Å². The Balaban J connectivity index is 1.60. The summed E-state index contributed by atoms with van der Waals surface area (Å²) in [5, 5.41) is 0.825. The van der Waals surface area contributed by atoms with Crippen molar-refractivity contribution in [3.8, 4) is 0 Å². The van der Waals surface area contributed by atoms with Crippen molar-refractivity contribution in [3.63, 3.8) is 0 Å². The van der Waals surface area contributed by atoms with Crippen molar-refractivity contribution in [1.29, 1.82) is 0 Å². The molecule has 0 spiro atoms. The monoisotopic (exact) mass is 410 g/mol. The molecule has 2 aromatic heterocycles. The first-order valence-corrected chi connectivity index (χ1v) is 11.0. The standard InChI is InChI=1S/C24H26O4S/c1-13(2)18-11-19-17(10-23(25)28-20(19)8-15(18)4)12-27-24(26)22-9-16-7-14(3)5-6-21(16)29-22/h8-11,13-14H,5-7,12H2,1-4H3/t14-/m0/s1. The molecule has 1 aliphatic rings. The van der Waals surface area contributed by atoms with Crippen molar-refractivity contribution >= 4 is 28.3 Å². The molecule has 1 aromatic carbocycles. The van der Waals surface area contributed by atoms with E-state index in [1.54, 1.807) is 11.3 Å². The molecule has 0 radical (unpaired) electrons. The number of aryl methyl sites for hydroxylation is 2. The molecule has 5 heteroatoms. The first kappa shape index (κ1) is 19.9. The third kappa shape index (κ3) is 4.01. The summed E-state index contributed by atoms with van der Waals surface area (Å²) in [6.45, 7) is 8.58. The molecule has 0 fully saturated rings. The van der Waals surface area contributed by atoms with Crippen LogP contribution < -0.4 is 5.63 Å². The van der Waals surface area contributed by atoms with Crippen LogP contribution in [-0.4, -0.2) is 5.97 Å². The molecule has 1 aliphatic carbocycles. The van der Waals surface area contributed by atoms with Crippen LogP contribution >= 0.6 is 11.3 Å². The fourth-order valence-corrected chi connectivity index (χ4v) is 5.26. The number of benzene rings is 1. The van der Waals surface area contributed by atoms with E-state index in [9.17, 15) is 9.59 Å². The molecular formula is C24H26O4S. The molecule has 3 aromatic rings. The molecule has 1 atom stereocenters. The van der Waals surface area contributed by atoms with Gasteiger partial charge in [-0.1, -0.05) is 20.8 Å². The summed E-state index contributed by atoms with van der Waals surface area (Å²) >= 11 is 1.54. The fourth-order valence-electron chi connectivity index (χ4n) is 4.15. The van der Waals surface area contributed by atoms with Gasteiger partial charge in [0.2, 0.25) is 0 Å². The first-order valence-electron chi connectivity index (χ1n) is 10.2. The first-order chi connectivity index (χ1) is 13.8. The van der Waals surface area contributed by atoms with Crippen LogP contribution in [0.1, 0.15) is 69.9 Å². The van der Waals surface area contributed by atoms with Crippen LogP contribution in [0.3, 0.4) is 0 Å². The number of thiophene rings is 1. The molecule has 4 rings (SSSR count). The third-order valence-electron chi connectivity index (χ3n) is 5.73. The van der Waals surface area contributed by atoms with Crippen LogP contribution in [0.25, 0.3) is 11.0 Å². The van der Waals surface area contributed by atoms with Gasteiger partial charge in [0.05, 0.1) is 0 Å². The predicted octanol–water partition coefficient (Wildman–Crippen LogP) is 5.77. The van der Waals surface area contributed by atoms with Gasteiger partial charge in [-0.3, -0.25) is 0 Å². The maximum atomic E-state index is 12.7. The Labute approximate surface area is 174 Å². The molecule has 0 unspecified atom stereocenters. The highest BCUT2D eigenvalue weighted by Crippen LogP contribution is 2.33. The zero-order valence-electron chi connectivity index (χ0n) is 17.3. The second-order valence-electron chi connectivity index (χ2n) is 8.43. The second-order valence-corrected chi connectivity index (χ2v) is 9.57. The van der Waals surface area contributed by atoms with E-state index in [-0.39, 0.29) is 12.6 Å². The molecule has 0 saturated heterocycles. The van der Waals surface area contributed by atoms with E-state index in [0.29, 0.717) is 27.9 Å². The minimum Gasteiger partial charge on any atom is -0.457 e. The van der Waals surface area contributed by atoms with Gasteiger partial charge < -0.3 is 9.15 Å². The number of hydrogen-bond donors (Lipinski definition) is 0. The van der Waals surface area contributed by atoms with E-state index in [4.69, 9.17) is 9.15 Å². The summed E-state index contributed by atoms with van der Waals surface area (Å²) in [7, 11) is 0. The van der Waals surface area contributed by atoms with Gasteiger partial charge in [-0.2, -0.15) is 0 Å². The van der Waals surface area contributed by atoms with Gasteiger partial charge in [-0.25, -0.2) is 9.59 Å². The lowest BCUT2D eigenvalue weighted by molar-refractivity contribution is 0.0479. The van der Waals surface area contributed by atoms with E-state index in [0.717, 1.165) is 23.8 Å². The normalized spacial score (nSPS) is 16.2. The second kappa shape index (κ2) is 7.79. The summed E-state index contributed by atoms with van der Waals surface area (Å²) in [4.78, 5) is 26.6. The van der Waals surface area contributed by atoms with Crippen molar-refractivity contribution in [2.45, 2.75) is 59.5 Å². The van der Waals surface area contributed by atoms with Gasteiger partial charge in [-0.05, 0) is 72.9 Å². The molecule has 0 N–H and O–H groups in total. The minimum atomic E-state index is -0.430. The molecule has 152 valence electrons. The molecule has 0 amide bonds. The van der Waals surface area contributed by atoms with Gasteiger partial charge in [0.1, 0.15) is 17.1 Å². The molecule has 0 bridgehead atoms. The van der Waals surface area contributed by atoms with Crippen LogP contribution in [0.4, 0.5) is 0 Å². The van der Waals surface area contributed by atoms with Gasteiger partial charge in [0, 0.05) is 21.9 Å². The zero-order valence-corrected chi connectivity index (χ0v) is 18.2. The largest absolute Gasteiger partial charge is 0.457 e. The SMILES string of the molecule is Cc1cc2oc(=O)cc(COC(=O)c3cc4c(s3)CC[C@H](C)C4)c2cc1C(C)C. The van der Waals surface area contributed by atoms with Crippen LogP contribution in [0.15, 0.2) is 33.5 Å². The lowest BCUT2D eigenvalue weighted by Gasteiger charge is -2.16. The van der Waals surface area contributed by atoms with Crippen molar-refractivity contribution < 1.29 is 13.9 Å². The van der Waals surface area contributed by atoms with E-state index < -0.39 is 5.63 Å². The van der Waals surface area contributed by atoms with Crippen molar-refractivity contribution in [3.05, 3.63) is 66.7 Å². The maximum absolute atomic E-state index is 12.7. The Morgan fingerprint density at radius 3 is 2.83 bits per heavy atom. The average molecular weight is 411 g/mol. The van der Waals surface area contributed by atoms with Crippen molar-refractivity contribution in [2.24, 2.45) is 5.92 Å². The zero-order chi connectivity index (χ0) is 20.7. The number of fused-ring (bicyclic) bond motifs is 2. The Bertz CT molecular complexity index is 1140. The number of carbonyl (C=O) groups excluding carboxylic acids is 1. The molecule has 4 nitrogen and oxygen atoms in total. The molecule has 0 aliphatic heterocycles. The molecule has 0 saturated carbocycles. The fraction of sp³-hybridized carbons (Fsp3) is 0.417. The Hall–Kier alpha value is -2.40. The van der Waals surface area contributed by atoms with Gasteiger partial charge >= 0.3 is 11.6 Å². The summed E-state index contributed by atoms with van der Waals surface area (Å²) in [6.07, 6.45) is 3.24. The summed E-state index contributed by atoms with van der Waals surface area (Å²) in [5.74, 6) is 0.686. The quantitative estimate of drug-likeness (QED) is 0.405. The smallest absolute Gasteiger partial charge is 0.348 e. The summed E-state index contributed by atoms with van der Waals surface area (Å²) < 4.78 is 11.0. The maximum Gasteiger partial charge on any atom is 0.348 e. The highest BCUT2D eigenvalue weighted by Gasteiger charge is 2.22. The number of hydrogen-bond acceptors (Lipinski definition) is 5. The van der Waals surface area contributed by atoms with Crippen LogP contribution in [0.2, 0.25) is 0 Å². The lowest BCUT2D eigenvalue weighted by Crippen LogP contribution is -2.08. The highest BCUT2D eigenvalue weighted by molar-refractivity contribution is 7.14. The Morgan fingerprint density at radius 1 is 1.28 bits per heavy atom. The van der Waals surface area contributed by atoms with E-state index in [1.807, 2.05) is 25.1 Å². The van der Waals surface area contributed by atoms with Crippen LogP contribution in [0.5, 0.6) is 0 Å². The molecule has 29 heavy (non-hydrogen) atoms. The van der Waals surface area contributed by atoms with E-state index >= 15 is 0 Å². The Morgan fingerprint density at radius 2 is 2.07 bits per heavy atom. The summed E-state index contributed by atoms with van der Waals surface area (Å²) in [6, 6.07) is 7.35. The average Bonchev–Trinajstić information content (AvgIpc) is 3.08. The Kier molecular flexibility index (Phi) is 5.34. The topological polar surface area (TPSA) is 56.5 Å². The predicted molar refractivity (Wildman–Crippen MR) is 116 cm³/mol. The number of esters is 1. The highest BCUT2D eigenvalue weighted by atomic mass is 32.1. The molecular weight excluding hydrogens is 384 g/mol. The number of carbonyl (C=O) groups is 1. The van der Waals surface area contributed by atoms with Gasteiger partial charge in [0.25, 0.3) is 0 Å². The van der Waals surface area contributed by atoms with Crippen molar-refractivity contribution in [2.75, 3.05) is 0 Å². The summed E-state index contributed by atoms with van der Waals surface area (Å²) in [5.41, 5.74) is 4.35. The minimum absolute atomic E-state index is 0.0561. The van der Waals surface area contributed by atoms with Gasteiger partial charge in [-0.15, -0.1) is 11.3 Å².